The first-order chi connectivity index (χ1) is 12.6. The molecule has 0 bridgehead atoms. The number of carbonyl (C=O) groups excluding carboxylic acids is 2. The number of para-hydroxylation sites is 1. The zero-order chi connectivity index (χ0) is 18.4. The molecule has 0 aliphatic heterocycles. The van der Waals surface area contributed by atoms with Crippen LogP contribution in [0, 0.1) is 0 Å². The van der Waals surface area contributed by atoms with Crippen molar-refractivity contribution in [1.29, 1.82) is 0 Å². The van der Waals surface area contributed by atoms with Crippen molar-refractivity contribution in [2.75, 3.05) is 5.32 Å². The van der Waals surface area contributed by atoms with Crippen LogP contribution in [0.5, 0.6) is 0 Å². The summed E-state index contributed by atoms with van der Waals surface area (Å²) >= 11 is 0. The number of rotatable bonds is 5. The minimum absolute atomic E-state index is 0.00769. The van der Waals surface area contributed by atoms with Crippen LogP contribution in [0.1, 0.15) is 26.3 Å². The van der Waals surface area contributed by atoms with E-state index in [1.54, 1.807) is 42.5 Å². The van der Waals surface area contributed by atoms with E-state index in [0.29, 0.717) is 16.8 Å². The van der Waals surface area contributed by atoms with Gasteiger partial charge in [0.2, 0.25) is 0 Å². The molecule has 0 saturated carbocycles. The quantitative estimate of drug-likeness (QED) is 0.694. The van der Waals surface area contributed by atoms with Crippen LogP contribution in [0.2, 0.25) is 0 Å². The minimum Gasteiger partial charge on any atom is -0.457 e. The molecule has 3 rings (SSSR count). The molecule has 6 nitrogen and oxygen atoms in total. The third kappa shape index (κ3) is 4.24. The van der Waals surface area contributed by atoms with E-state index in [1.165, 1.54) is 12.3 Å². The maximum atomic E-state index is 12.2. The van der Waals surface area contributed by atoms with Gasteiger partial charge in [0.1, 0.15) is 12.2 Å². The molecule has 0 atom stereocenters. The fourth-order valence-electron chi connectivity index (χ4n) is 2.29. The van der Waals surface area contributed by atoms with Gasteiger partial charge in [0.25, 0.3) is 11.5 Å². The second-order valence-corrected chi connectivity index (χ2v) is 5.51. The van der Waals surface area contributed by atoms with Gasteiger partial charge in [-0.2, -0.15) is 0 Å². The van der Waals surface area contributed by atoms with Crippen LogP contribution in [-0.2, 0) is 11.3 Å². The molecule has 0 radical (unpaired) electrons. The average molecular weight is 348 g/mol. The summed E-state index contributed by atoms with van der Waals surface area (Å²) in [6, 6.07) is 18.8. The fourth-order valence-corrected chi connectivity index (χ4v) is 2.29. The van der Waals surface area contributed by atoms with E-state index in [0.717, 1.165) is 0 Å². The first-order valence-corrected chi connectivity index (χ1v) is 7.93. The molecule has 1 heterocycles. The van der Waals surface area contributed by atoms with Crippen molar-refractivity contribution >= 4 is 17.6 Å². The number of benzene rings is 2. The van der Waals surface area contributed by atoms with Crippen LogP contribution in [0.4, 0.5) is 5.69 Å². The van der Waals surface area contributed by atoms with Crippen LogP contribution >= 0.6 is 0 Å². The number of nitrogens with one attached hydrogen (secondary N) is 2. The van der Waals surface area contributed by atoms with Gasteiger partial charge < -0.3 is 15.0 Å². The van der Waals surface area contributed by atoms with Crippen LogP contribution in [0.15, 0.2) is 77.7 Å². The Labute approximate surface area is 149 Å². The standard InChI is InChI=1S/C20H16N2O4/c23-18(22-16-5-2-1-3-6-16)15-10-8-14(9-11-15)13-26-20(25)17-7-4-12-21-19(17)24/h1-12H,13H2,(H,21,24)(H,22,23). The first kappa shape index (κ1) is 17.2. The topological polar surface area (TPSA) is 88.3 Å². The number of hydrogen-bond acceptors (Lipinski definition) is 4. The summed E-state index contributed by atoms with van der Waals surface area (Å²) in [6.45, 7) is 0.00769. The number of amides is 1. The summed E-state index contributed by atoms with van der Waals surface area (Å²) in [5.41, 5.74) is 1.37. The van der Waals surface area contributed by atoms with Gasteiger partial charge in [0, 0.05) is 17.4 Å². The van der Waals surface area contributed by atoms with E-state index in [9.17, 15) is 14.4 Å². The third-order valence-corrected chi connectivity index (χ3v) is 3.66. The number of aromatic amines is 1. The smallest absolute Gasteiger partial charge is 0.344 e. The Hall–Kier alpha value is -3.67. The molecule has 0 aliphatic carbocycles. The van der Waals surface area contributed by atoms with Crippen LogP contribution < -0.4 is 10.9 Å². The first-order valence-electron chi connectivity index (χ1n) is 7.93. The van der Waals surface area contributed by atoms with Gasteiger partial charge in [0.15, 0.2) is 0 Å². The SMILES string of the molecule is O=C(Nc1ccccc1)c1ccc(COC(=O)c2ccc[nH]c2=O)cc1. The summed E-state index contributed by atoms with van der Waals surface area (Å²) in [6.07, 6.45) is 1.44. The van der Waals surface area contributed by atoms with Crippen molar-refractivity contribution in [3.63, 3.8) is 0 Å². The molecule has 1 amide bonds. The Morgan fingerprint density at radius 1 is 0.923 bits per heavy atom. The molecule has 0 fully saturated rings. The number of ether oxygens (including phenoxy) is 1. The predicted octanol–water partition coefficient (Wildman–Crippen LogP) is 2.98. The number of H-pyrrole nitrogens is 1. The molecule has 0 aliphatic rings. The summed E-state index contributed by atoms with van der Waals surface area (Å²) in [4.78, 5) is 38.0. The van der Waals surface area contributed by atoms with Gasteiger partial charge in [-0.05, 0) is 42.0 Å². The maximum absolute atomic E-state index is 12.2. The van der Waals surface area contributed by atoms with E-state index < -0.39 is 11.5 Å². The van der Waals surface area contributed by atoms with E-state index >= 15 is 0 Å². The molecule has 26 heavy (non-hydrogen) atoms. The zero-order valence-corrected chi connectivity index (χ0v) is 13.8. The largest absolute Gasteiger partial charge is 0.457 e. The second kappa shape index (κ2) is 7.94. The monoisotopic (exact) mass is 348 g/mol. The second-order valence-electron chi connectivity index (χ2n) is 5.51. The number of hydrogen-bond donors (Lipinski definition) is 2. The number of anilines is 1. The van der Waals surface area contributed by atoms with Crippen LogP contribution in [0.3, 0.4) is 0 Å². The van der Waals surface area contributed by atoms with E-state index in [4.69, 9.17) is 4.74 Å². The third-order valence-electron chi connectivity index (χ3n) is 3.66. The lowest BCUT2D eigenvalue weighted by molar-refractivity contribution is 0.0470. The molecule has 3 aromatic rings. The molecule has 2 aromatic carbocycles. The summed E-state index contributed by atoms with van der Waals surface area (Å²) in [7, 11) is 0. The summed E-state index contributed by atoms with van der Waals surface area (Å²) < 4.78 is 5.13. The van der Waals surface area contributed by atoms with Gasteiger partial charge in [0.05, 0.1) is 0 Å². The van der Waals surface area contributed by atoms with E-state index in [-0.39, 0.29) is 18.1 Å². The van der Waals surface area contributed by atoms with Crippen molar-refractivity contribution in [1.82, 2.24) is 4.98 Å². The van der Waals surface area contributed by atoms with Gasteiger partial charge in [-0.1, -0.05) is 30.3 Å². The van der Waals surface area contributed by atoms with Crippen molar-refractivity contribution in [2.24, 2.45) is 0 Å². The summed E-state index contributed by atoms with van der Waals surface area (Å²) in [5, 5.41) is 2.79. The molecule has 2 N–H and O–H groups in total. The number of aromatic nitrogens is 1. The lowest BCUT2D eigenvalue weighted by Gasteiger charge is -2.07. The Morgan fingerprint density at radius 2 is 1.65 bits per heavy atom. The molecule has 130 valence electrons. The Balaban J connectivity index is 1.59. The highest BCUT2D eigenvalue weighted by atomic mass is 16.5. The molecule has 0 spiro atoms. The Bertz CT molecular complexity index is 963. The Kier molecular flexibility index (Phi) is 5.24. The fraction of sp³-hybridized carbons (Fsp3) is 0.0500. The summed E-state index contributed by atoms with van der Waals surface area (Å²) in [5.74, 6) is -0.923. The van der Waals surface area contributed by atoms with Crippen molar-refractivity contribution in [3.05, 3.63) is 100.0 Å². The molecule has 6 heteroatoms. The maximum Gasteiger partial charge on any atom is 0.344 e. The number of carbonyl (C=O) groups is 2. The molecular formula is C20H16N2O4. The van der Waals surface area contributed by atoms with Crippen molar-refractivity contribution < 1.29 is 14.3 Å². The molecular weight excluding hydrogens is 332 g/mol. The Morgan fingerprint density at radius 3 is 2.35 bits per heavy atom. The van der Waals surface area contributed by atoms with Crippen LogP contribution in [-0.4, -0.2) is 16.9 Å². The van der Waals surface area contributed by atoms with Crippen LogP contribution in [0.25, 0.3) is 0 Å². The lowest BCUT2D eigenvalue weighted by Crippen LogP contribution is -2.18. The van der Waals surface area contributed by atoms with Crippen molar-refractivity contribution in [3.8, 4) is 0 Å². The van der Waals surface area contributed by atoms with Gasteiger partial charge in [-0.25, -0.2) is 4.79 Å². The highest BCUT2D eigenvalue weighted by Crippen LogP contribution is 2.11. The normalized spacial score (nSPS) is 10.2. The minimum atomic E-state index is -0.697. The average Bonchev–Trinajstić information content (AvgIpc) is 2.67. The van der Waals surface area contributed by atoms with Gasteiger partial charge in [-0.15, -0.1) is 0 Å². The van der Waals surface area contributed by atoms with Gasteiger partial charge in [-0.3, -0.25) is 9.59 Å². The highest BCUT2D eigenvalue weighted by molar-refractivity contribution is 6.04. The van der Waals surface area contributed by atoms with Crippen molar-refractivity contribution in [2.45, 2.75) is 6.61 Å². The highest BCUT2D eigenvalue weighted by Gasteiger charge is 2.11. The predicted molar refractivity (Wildman–Crippen MR) is 97.0 cm³/mol. The number of pyridine rings is 1. The zero-order valence-electron chi connectivity index (χ0n) is 13.8. The number of esters is 1. The van der Waals surface area contributed by atoms with Gasteiger partial charge >= 0.3 is 5.97 Å². The lowest BCUT2D eigenvalue weighted by atomic mass is 10.1. The molecule has 0 saturated heterocycles. The van der Waals surface area contributed by atoms with E-state index in [1.807, 2.05) is 18.2 Å². The van der Waals surface area contributed by atoms with E-state index in [2.05, 4.69) is 10.3 Å². The molecule has 1 aromatic heterocycles. The molecule has 0 unspecified atom stereocenters.